The highest BCUT2D eigenvalue weighted by Gasteiger charge is 2.41. The highest BCUT2D eigenvalue weighted by Crippen LogP contribution is 2.38. The Hall–Kier alpha value is -1.36. The third-order valence-corrected chi connectivity index (χ3v) is 4.97. The van der Waals surface area contributed by atoms with Gasteiger partial charge in [-0.2, -0.15) is 0 Å². The molecule has 5 nitrogen and oxygen atoms in total. The fraction of sp³-hybridized carbons (Fsp3) is 0.750. The molecule has 0 unspecified atom stereocenters. The Bertz CT molecular complexity index is 498. The number of aromatic nitrogens is 1. The summed E-state index contributed by atoms with van der Waals surface area (Å²) >= 11 is 0. The van der Waals surface area contributed by atoms with E-state index in [1.54, 1.807) is 0 Å². The number of rotatable bonds is 4. The lowest BCUT2D eigenvalue weighted by Crippen LogP contribution is -2.47. The van der Waals surface area contributed by atoms with Crippen LogP contribution in [-0.4, -0.2) is 42.3 Å². The Morgan fingerprint density at radius 2 is 2.19 bits per heavy atom. The Morgan fingerprint density at radius 1 is 1.33 bits per heavy atom. The lowest BCUT2D eigenvalue weighted by molar-refractivity contribution is -0.137. The summed E-state index contributed by atoms with van der Waals surface area (Å²) in [5.74, 6) is 1.20. The van der Waals surface area contributed by atoms with Crippen molar-refractivity contribution < 1.29 is 14.1 Å². The van der Waals surface area contributed by atoms with Crippen LogP contribution in [-0.2, 0) is 16.0 Å². The first kappa shape index (κ1) is 14.6. The summed E-state index contributed by atoms with van der Waals surface area (Å²) in [7, 11) is 0. The average Bonchev–Trinajstić information content (AvgIpc) is 3.04. The second kappa shape index (κ2) is 5.79. The normalized spacial score (nSPS) is 26.0. The predicted octanol–water partition coefficient (Wildman–Crippen LogP) is 2.25. The standard InChI is InChI=1S/C16H24N2O3/c1-12-14(13(2)21-17-12)4-3-8-18-10-16(6-5-15(18)19)7-9-20-11-16/h3-11H2,1-2H3/t16-/m0/s1. The summed E-state index contributed by atoms with van der Waals surface area (Å²) < 4.78 is 10.7. The van der Waals surface area contributed by atoms with Gasteiger partial charge in [0.1, 0.15) is 5.76 Å². The minimum absolute atomic E-state index is 0.233. The maximum atomic E-state index is 12.1. The maximum Gasteiger partial charge on any atom is 0.222 e. The number of carbonyl (C=O) groups is 1. The van der Waals surface area contributed by atoms with Gasteiger partial charge in [-0.15, -0.1) is 0 Å². The van der Waals surface area contributed by atoms with E-state index in [1.807, 2.05) is 18.7 Å². The molecule has 1 atom stereocenters. The molecule has 1 aromatic heterocycles. The van der Waals surface area contributed by atoms with Gasteiger partial charge in [0.05, 0.1) is 12.3 Å². The summed E-state index contributed by atoms with van der Waals surface area (Å²) in [5.41, 5.74) is 2.40. The lowest BCUT2D eigenvalue weighted by atomic mass is 9.79. The minimum atomic E-state index is 0.233. The number of likely N-dealkylation sites (tertiary alicyclic amines) is 1. The average molecular weight is 292 g/mol. The number of hydrogen-bond acceptors (Lipinski definition) is 4. The number of hydrogen-bond donors (Lipinski definition) is 0. The van der Waals surface area contributed by atoms with Crippen LogP contribution >= 0.6 is 0 Å². The van der Waals surface area contributed by atoms with E-state index < -0.39 is 0 Å². The van der Waals surface area contributed by atoms with Crippen LogP contribution in [0, 0.1) is 19.3 Å². The van der Waals surface area contributed by atoms with Crippen molar-refractivity contribution >= 4 is 5.91 Å². The fourth-order valence-electron chi connectivity index (χ4n) is 3.58. The van der Waals surface area contributed by atoms with E-state index in [4.69, 9.17) is 9.26 Å². The van der Waals surface area contributed by atoms with E-state index in [1.165, 1.54) is 5.56 Å². The summed E-state index contributed by atoms with van der Waals surface area (Å²) in [4.78, 5) is 14.2. The molecule has 3 heterocycles. The van der Waals surface area contributed by atoms with Gasteiger partial charge >= 0.3 is 0 Å². The van der Waals surface area contributed by atoms with E-state index in [9.17, 15) is 4.79 Å². The Morgan fingerprint density at radius 3 is 2.86 bits per heavy atom. The first-order valence-corrected chi connectivity index (χ1v) is 7.87. The Labute approximate surface area is 125 Å². The van der Waals surface area contributed by atoms with Crippen molar-refractivity contribution in [3.8, 4) is 0 Å². The van der Waals surface area contributed by atoms with Gasteiger partial charge in [0.15, 0.2) is 0 Å². The van der Waals surface area contributed by atoms with Crippen molar-refractivity contribution in [2.75, 3.05) is 26.3 Å². The van der Waals surface area contributed by atoms with Gasteiger partial charge in [-0.05, 0) is 39.5 Å². The molecule has 1 amide bonds. The zero-order valence-corrected chi connectivity index (χ0v) is 13.0. The fourth-order valence-corrected chi connectivity index (χ4v) is 3.58. The molecule has 0 aliphatic carbocycles. The summed E-state index contributed by atoms with van der Waals surface area (Å²) in [6.07, 6.45) is 4.65. The number of carbonyl (C=O) groups excluding carboxylic acids is 1. The molecule has 0 saturated carbocycles. The molecule has 0 aromatic carbocycles. The van der Waals surface area contributed by atoms with Gasteiger partial charge in [-0.1, -0.05) is 5.16 Å². The zero-order valence-electron chi connectivity index (χ0n) is 13.0. The van der Waals surface area contributed by atoms with Crippen LogP contribution in [0.15, 0.2) is 4.52 Å². The van der Waals surface area contributed by atoms with Crippen LogP contribution in [0.4, 0.5) is 0 Å². The predicted molar refractivity (Wildman–Crippen MR) is 78.0 cm³/mol. The van der Waals surface area contributed by atoms with E-state index >= 15 is 0 Å². The molecule has 0 radical (unpaired) electrons. The minimum Gasteiger partial charge on any atom is -0.381 e. The molecule has 2 aliphatic rings. The first-order chi connectivity index (χ1) is 10.1. The monoisotopic (exact) mass is 292 g/mol. The number of ether oxygens (including phenoxy) is 1. The SMILES string of the molecule is Cc1noc(C)c1CCCN1C[C@@]2(CCOC2)CCC1=O. The van der Waals surface area contributed by atoms with Crippen molar-refractivity contribution in [3.63, 3.8) is 0 Å². The van der Waals surface area contributed by atoms with Crippen LogP contribution in [0.3, 0.4) is 0 Å². The van der Waals surface area contributed by atoms with Crippen molar-refractivity contribution in [1.82, 2.24) is 10.1 Å². The van der Waals surface area contributed by atoms with Gasteiger partial charge in [0.25, 0.3) is 0 Å². The first-order valence-electron chi connectivity index (χ1n) is 7.87. The third-order valence-electron chi connectivity index (χ3n) is 4.97. The van der Waals surface area contributed by atoms with Crippen molar-refractivity contribution in [1.29, 1.82) is 0 Å². The number of aryl methyl sites for hydroxylation is 2. The van der Waals surface area contributed by atoms with Crippen molar-refractivity contribution in [3.05, 3.63) is 17.0 Å². The van der Waals surface area contributed by atoms with Gasteiger partial charge in [0.2, 0.25) is 5.91 Å². The third kappa shape index (κ3) is 2.98. The Balaban J connectivity index is 1.55. The molecular weight excluding hydrogens is 268 g/mol. The molecule has 2 saturated heterocycles. The molecule has 0 N–H and O–H groups in total. The van der Waals surface area contributed by atoms with Crippen LogP contribution < -0.4 is 0 Å². The van der Waals surface area contributed by atoms with Gasteiger partial charge in [0, 0.05) is 37.1 Å². The molecule has 3 rings (SSSR count). The highest BCUT2D eigenvalue weighted by molar-refractivity contribution is 5.77. The molecule has 21 heavy (non-hydrogen) atoms. The molecular formula is C16H24N2O3. The van der Waals surface area contributed by atoms with Crippen LogP contribution in [0.2, 0.25) is 0 Å². The molecule has 5 heteroatoms. The van der Waals surface area contributed by atoms with E-state index in [0.717, 1.165) is 63.4 Å². The second-order valence-corrected chi connectivity index (χ2v) is 6.52. The lowest BCUT2D eigenvalue weighted by Gasteiger charge is -2.39. The molecule has 1 aromatic rings. The molecule has 2 aliphatic heterocycles. The number of nitrogens with zero attached hydrogens (tertiary/aromatic N) is 2. The molecule has 116 valence electrons. The second-order valence-electron chi connectivity index (χ2n) is 6.52. The van der Waals surface area contributed by atoms with Crippen LogP contribution in [0.1, 0.15) is 42.7 Å². The molecule has 2 fully saturated rings. The highest BCUT2D eigenvalue weighted by atomic mass is 16.5. The van der Waals surface area contributed by atoms with Crippen LogP contribution in [0.25, 0.3) is 0 Å². The largest absolute Gasteiger partial charge is 0.381 e. The van der Waals surface area contributed by atoms with Gasteiger partial charge in [-0.3, -0.25) is 4.79 Å². The number of piperidine rings is 1. The smallest absolute Gasteiger partial charge is 0.222 e. The van der Waals surface area contributed by atoms with Crippen molar-refractivity contribution in [2.45, 2.75) is 46.0 Å². The van der Waals surface area contributed by atoms with E-state index in [0.29, 0.717) is 12.3 Å². The van der Waals surface area contributed by atoms with Gasteiger partial charge < -0.3 is 14.2 Å². The van der Waals surface area contributed by atoms with Crippen molar-refractivity contribution in [2.24, 2.45) is 5.41 Å². The van der Waals surface area contributed by atoms with Crippen LogP contribution in [0.5, 0.6) is 0 Å². The molecule has 1 spiro atoms. The summed E-state index contributed by atoms with van der Waals surface area (Å²) in [6, 6.07) is 0. The maximum absolute atomic E-state index is 12.1. The summed E-state index contributed by atoms with van der Waals surface area (Å²) in [6.45, 7) is 7.29. The van der Waals surface area contributed by atoms with E-state index in [-0.39, 0.29) is 5.41 Å². The molecule has 0 bridgehead atoms. The van der Waals surface area contributed by atoms with E-state index in [2.05, 4.69) is 5.16 Å². The number of amides is 1. The zero-order chi connectivity index (χ0) is 14.9. The summed E-state index contributed by atoms with van der Waals surface area (Å²) in [5, 5.41) is 3.98. The van der Waals surface area contributed by atoms with Gasteiger partial charge in [-0.25, -0.2) is 0 Å². The topological polar surface area (TPSA) is 55.6 Å². The quantitative estimate of drug-likeness (QED) is 0.854. The Kier molecular flexibility index (Phi) is 4.02.